The van der Waals surface area contributed by atoms with E-state index in [0.29, 0.717) is 29.2 Å². The molecule has 0 amide bonds. The zero-order valence-electron chi connectivity index (χ0n) is 20.1. The summed E-state index contributed by atoms with van der Waals surface area (Å²) in [5.74, 6) is 2.32. The normalized spacial score (nSPS) is 19.5. The first kappa shape index (κ1) is 22.0. The van der Waals surface area contributed by atoms with Crippen LogP contribution in [-0.2, 0) is 6.42 Å². The van der Waals surface area contributed by atoms with Crippen LogP contribution in [0.4, 0.5) is 21.8 Å². The number of H-pyrrole nitrogens is 1. The fourth-order valence-electron chi connectivity index (χ4n) is 4.83. The number of nitrogens with one attached hydrogen (secondary N) is 3. The number of aromatic amines is 1. The van der Waals surface area contributed by atoms with Gasteiger partial charge in [-0.2, -0.15) is 15.1 Å². The molecule has 1 aliphatic heterocycles. The fourth-order valence-corrected chi connectivity index (χ4v) is 4.83. The molecule has 35 heavy (non-hydrogen) atoms. The summed E-state index contributed by atoms with van der Waals surface area (Å²) < 4.78 is 21.2. The van der Waals surface area contributed by atoms with Crippen molar-refractivity contribution in [2.45, 2.75) is 51.5 Å². The van der Waals surface area contributed by atoms with Gasteiger partial charge in [0.05, 0.1) is 0 Å². The van der Waals surface area contributed by atoms with Crippen LogP contribution in [0.1, 0.15) is 55.8 Å². The molecule has 0 radical (unpaired) electrons. The highest BCUT2D eigenvalue weighted by molar-refractivity contribution is 5.66. The number of halogens is 1. The van der Waals surface area contributed by atoms with Crippen molar-refractivity contribution in [3.05, 3.63) is 52.5 Å². The summed E-state index contributed by atoms with van der Waals surface area (Å²) in [4.78, 5) is 11.4. The van der Waals surface area contributed by atoms with Crippen LogP contribution >= 0.6 is 0 Å². The third-order valence-corrected chi connectivity index (χ3v) is 6.93. The molecular weight excluding hydrogens is 445 g/mol. The van der Waals surface area contributed by atoms with E-state index in [-0.39, 0.29) is 17.6 Å². The first-order valence-electron chi connectivity index (χ1n) is 12.4. The van der Waals surface area contributed by atoms with Gasteiger partial charge in [0, 0.05) is 55.0 Å². The van der Waals surface area contributed by atoms with Crippen LogP contribution in [0, 0.1) is 5.82 Å². The third-order valence-electron chi connectivity index (χ3n) is 6.93. The first-order valence-corrected chi connectivity index (χ1v) is 12.4. The molecule has 1 saturated carbocycles. The van der Waals surface area contributed by atoms with Crippen LogP contribution < -0.4 is 20.3 Å². The summed E-state index contributed by atoms with van der Waals surface area (Å²) in [6.45, 7) is 6.70. The zero-order chi connectivity index (χ0) is 23.9. The van der Waals surface area contributed by atoms with Gasteiger partial charge >= 0.3 is 6.01 Å². The summed E-state index contributed by atoms with van der Waals surface area (Å²) in [6.07, 6.45) is 6.06. The van der Waals surface area contributed by atoms with Gasteiger partial charge in [0.25, 0.3) is 0 Å². The van der Waals surface area contributed by atoms with Gasteiger partial charge in [0.2, 0.25) is 0 Å². The summed E-state index contributed by atoms with van der Waals surface area (Å²) in [7, 11) is 0. The predicted octanol–water partition coefficient (Wildman–Crippen LogP) is 4.90. The van der Waals surface area contributed by atoms with Crippen molar-refractivity contribution >= 4 is 23.5 Å². The van der Waals surface area contributed by atoms with Gasteiger partial charge in [0.15, 0.2) is 17.4 Å². The maximum atomic E-state index is 15.2. The molecule has 0 bridgehead atoms. The second kappa shape index (κ2) is 8.96. The Hall–Kier alpha value is -3.46. The minimum atomic E-state index is -0.377. The zero-order valence-corrected chi connectivity index (χ0v) is 20.1. The second-order valence-corrected chi connectivity index (χ2v) is 9.73. The van der Waals surface area contributed by atoms with E-state index >= 15 is 4.39 Å². The summed E-state index contributed by atoms with van der Waals surface area (Å²) in [6, 6.07) is 7.99. The van der Waals surface area contributed by atoms with Gasteiger partial charge in [0.1, 0.15) is 11.6 Å². The largest absolute Gasteiger partial charge is 0.421 e. The van der Waals surface area contributed by atoms with Crippen molar-refractivity contribution in [2.75, 3.05) is 29.9 Å². The first-order chi connectivity index (χ1) is 17.1. The molecule has 1 aromatic carbocycles. The van der Waals surface area contributed by atoms with Crippen LogP contribution in [0.15, 0.2) is 29.8 Å². The molecule has 3 aromatic rings. The van der Waals surface area contributed by atoms with Crippen molar-refractivity contribution in [2.24, 2.45) is 0 Å². The molecule has 1 atom stereocenters. The number of benzene rings is 1. The molecule has 9 heteroatoms. The Balaban J connectivity index is 1.32. The lowest BCUT2D eigenvalue weighted by molar-refractivity contribution is 0.407. The Bertz CT molecular complexity index is 1280. The number of hydrogen-bond acceptors (Lipinski definition) is 7. The van der Waals surface area contributed by atoms with E-state index in [9.17, 15) is 0 Å². The highest BCUT2D eigenvalue weighted by Gasteiger charge is 2.26. The average Bonchev–Trinajstić information content (AvgIpc) is 3.49. The van der Waals surface area contributed by atoms with E-state index in [1.807, 2.05) is 31.2 Å². The smallest absolute Gasteiger partial charge is 0.326 e. The molecule has 6 rings (SSSR count). The van der Waals surface area contributed by atoms with E-state index < -0.39 is 0 Å². The fraction of sp³-hybridized carbons (Fsp3) is 0.423. The van der Waals surface area contributed by atoms with Gasteiger partial charge in [-0.1, -0.05) is 24.6 Å². The van der Waals surface area contributed by atoms with Crippen molar-refractivity contribution in [3.63, 3.8) is 0 Å². The predicted molar refractivity (Wildman–Crippen MR) is 134 cm³/mol. The highest BCUT2D eigenvalue weighted by atomic mass is 19.1. The second-order valence-electron chi connectivity index (χ2n) is 9.73. The molecule has 2 aromatic heterocycles. The minimum Gasteiger partial charge on any atom is -0.421 e. The molecule has 182 valence electrons. The van der Waals surface area contributed by atoms with E-state index in [1.54, 1.807) is 6.07 Å². The molecule has 0 spiro atoms. The van der Waals surface area contributed by atoms with Crippen LogP contribution in [0.25, 0.3) is 6.08 Å². The topological polar surface area (TPSA) is 91.0 Å². The van der Waals surface area contributed by atoms with Gasteiger partial charge in [-0.15, -0.1) is 0 Å². The summed E-state index contributed by atoms with van der Waals surface area (Å²) in [5, 5.41) is 14.3. The third kappa shape index (κ3) is 4.60. The van der Waals surface area contributed by atoms with Crippen molar-refractivity contribution in [3.8, 4) is 11.8 Å². The Morgan fingerprint density at radius 2 is 2.09 bits per heavy atom. The minimum absolute atomic E-state index is 0.104. The van der Waals surface area contributed by atoms with Crippen molar-refractivity contribution in [1.29, 1.82) is 0 Å². The summed E-state index contributed by atoms with van der Waals surface area (Å²) in [5.41, 5.74) is 3.83. The molecule has 8 nitrogen and oxygen atoms in total. The van der Waals surface area contributed by atoms with E-state index in [0.717, 1.165) is 55.1 Å². The van der Waals surface area contributed by atoms with Crippen LogP contribution in [-0.4, -0.2) is 45.8 Å². The van der Waals surface area contributed by atoms with Gasteiger partial charge < -0.3 is 20.3 Å². The number of piperazine rings is 1. The van der Waals surface area contributed by atoms with E-state index in [2.05, 4.69) is 42.6 Å². The maximum Gasteiger partial charge on any atom is 0.326 e. The van der Waals surface area contributed by atoms with Crippen molar-refractivity contribution in [1.82, 2.24) is 25.5 Å². The number of fused-ring (bicyclic) bond motifs is 1. The van der Waals surface area contributed by atoms with Crippen LogP contribution in [0.3, 0.4) is 0 Å². The van der Waals surface area contributed by atoms with Crippen LogP contribution in [0.2, 0.25) is 0 Å². The lowest BCUT2D eigenvalue weighted by Crippen LogP contribution is -2.50. The molecule has 2 fully saturated rings. The summed E-state index contributed by atoms with van der Waals surface area (Å²) >= 11 is 0. The molecule has 3 N–H and O–H groups in total. The number of anilines is 3. The molecule has 3 aliphatic rings. The van der Waals surface area contributed by atoms with Gasteiger partial charge in [-0.05, 0) is 44.2 Å². The molecule has 1 saturated heterocycles. The highest BCUT2D eigenvalue weighted by Crippen LogP contribution is 2.40. The van der Waals surface area contributed by atoms with Crippen molar-refractivity contribution < 1.29 is 9.13 Å². The standard InChI is InChI=1S/C26H30FN7O/c1-3-18-14-34(9-8-28-18)24-13-22(29-23-12-20(32-33-23)16-4-5-16)30-26(31-24)35-21-7-6-17-10-15(2)11-19(17)25(21)27/h6-7,11-13,16,18,28H,3-5,8-10,14H2,1-2H3,(H2,29,30,31,32,33). The number of aromatic nitrogens is 4. The monoisotopic (exact) mass is 475 g/mol. The average molecular weight is 476 g/mol. The number of hydrogen-bond donors (Lipinski definition) is 3. The lowest BCUT2D eigenvalue weighted by Gasteiger charge is -2.34. The van der Waals surface area contributed by atoms with Gasteiger partial charge in [-0.3, -0.25) is 5.10 Å². The SMILES string of the molecule is CCC1CN(c2cc(Nc3cc(C4CC4)[nH]n3)nc(Oc3ccc4c(c3F)C=C(C)C4)n2)CCN1. The maximum absolute atomic E-state index is 15.2. The van der Waals surface area contributed by atoms with Gasteiger partial charge in [-0.25, -0.2) is 4.39 Å². The Kier molecular flexibility index (Phi) is 5.64. The number of rotatable bonds is 7. The molecule has 3 heterocycles. The molecular formula is C26H30FN7O. The number of allylic oxidation sites excluding steroid dienone is 1. The van der Waals surface area contributed by atoms with E-state index in [1.165, 1.54) is 12.8 Å². The Morgan fingerprint density at radius 1 is 1.20 bits per heavy atom. The molecule has 2 aliphatic carbocycles. The van der Waals surface area contributed by atoms with Crippen LogP contribution in [0.5, 0.6) is 11.8 Å². The molecule has 1 unspecified atom stereocenters. The number of ether oxygens (including phenoxy) is 1. The Morgan fingerprint density at radius 3 is 2.91 bits per heavy atom. The quantitative estimate of drug-likeness (QED) is 0.448. The lowest BCUT2D eigenvalue weighted by atomic mass is 10.1. The van der Waals surface area contributed by atoms with E-state index in [4.69, 9.17) is 4.74 Å². The Labute approximate surface area is 204 Å². The number of nitrogens with zero attached hydrogens (tertiary/aromatic N) is 4.